The van der Waals surface area contributed by atoms with Crippen molar-refractivity contribution in [3.63, 3.8) is 0 Å². The Morgan fingerprint density at radius 2 is 2.12 bits per heavy atom. The summed E-state index contributed by atoms with van der Waals surface area (Å²) in [7, 11) is 0. The van der Waals surface area contributed by atoms with Crippen molar-refractivity contribution in [1.82, 2.24) is 9.78 Å². The first kappa shape index (κ1) is 10.3. The second-order valence-corrected chi connectivity index (χ2v) is 4.49. The zero-order valence-electron chi connectivity index (χ0n) is 9.76. The summed E-state index contributed by atoms with van der Waals surface area (Å²) < 4.78 is 1.97. The Morgan fingerprint density at radius 3 is 2.82 bits per heavy atom. The van der Waals surface area contributed by atoms with Gasteiger partial charge in [0.25, 0.3) is 0 Å². The van der Waals surface area contributed by atoms with Crippen LogP contribution in [0, 0.1) is 0 Å². The van der Waals surface area contributed by atoms with Crippen molar-refractivity contribution in [2.45, 2.75) is 25.8 Å². The Bertz CT molecular complexity index is 557. The Labute approximate surface area is 100 Å². The van der Waals surface area contributed by atoms with Gasteiger partial charge in [0.2, 0.25) is 0 Å². The average molecular weight is 226 g/mol. The van der Waals surface area contributed by atoms with Crippen LogP contribution in [0.3, 0.4) is 0 Å². The molecule has 1 aromatic carbocycles. The standard InChI is InChI=1S/C14H14N2O/c1-10(17)13-9-14-12(7-8-16(14)15-13)11-5-3-2-4-6-11/h2-6,9,12H,7-8H2,1H3. The zero-order chi connectivity index (χ0) is 11.8. The fourth-order valence-electron chi connectivity index (χ4n) is 2.48. The Hall–Kier alpha value is -1.90. The van der Waals surface area contributed by atoms with Crippen LogP contribution in [0.2, 0.25) is 0 Å². The van der Waals surface area contributed by atoms with Crippen molar-refractivity contribution in [3.05, 3.63) is 53.3 Å². The van der Waals surface area contributed by atoms with Gasteiger partial charge in [-0.1, -0.05) is 30.3 Å². The van der Waals surface area contributed by atoms with Crippen molar-refractivity contribution in [3.8, 4) is 0 Å². The number of carbonyl (C=O) groups is 1. The van der Waals surface area contributed by atoms with Gasteiger partial charge in [-0.15, -0.1) is 0 Å². The molecule has 2 heterocycles. The van der Waals surface area contributed by atoms with Crippen molar-refractivity contribution in [1.29, 1.82) is 0 Å². The minimum atomic E-state index is 0.0405. The van der Waals surface area contributed by atoms with E-state index in [-0.39, 0.29) is 5.78 Å². The van der Waals surface area contributed by atoms with Gasteiger partial charge in [-0.05, 0) is 18.1 Å². The maximum absolute atomic E-state index is 11.3. The average Bonchev–Trinajstić information content (AvgIpc) is 2.89. The topological polar surface area (TPSA) is 34.9 Å². The SMILES string of the molecule is CC(=O)c1cc2n(n1)CCC2c1ccccc1. The number of ketones is 1. The van der Waals surface area contributed by atoms with E-state index in [4.69, 9.17) is 0 Å². The molecule has 1 atom stereocenters. The number of carbonyl (C=O) groups excluding carboxylic acids is 1. The minimum absolute atomic E-state index is 0.0405. The highest BCUT2D eigenvalue weighted by Gasteiger charge is 2.26. The Morgan fingerprint density at radius 1 is 1.35 bits per heavy atom. The number of aromatic nitrogens is 2. The molecule has 17 heavy (non-hydrogen) atoms. The van der Waals surface area contributed by atoms with Gasteiger partial charge in [-0.25, -0.2) is 0 Å². The highest BCUT2D eigenvalue weighted by Crippen LogP contribution is 2.34. The summed E-state index contributed by atoms with van der Waals surface area (Å²) in [6, 6.07) is 12.4. The first-order valence-corrected chi connectivity index (χ1v) is 5.89. The normalized spacial score (nSPS) is 18.1. The van der Waals surface area contributed by atoms with Crippen LogP contribution < -0.4 is 0 Å². The minimum Gasteiger partial charge on any atom is -0.293 e. The molecule has 1 unspecified atom stereocenters. The van der Waals surface area contributed by atoms with Gasteiger partial charge in [0, 0.05) is 25.1 Å². The summed E-state index contributed by atoms with van der Waals surface area (Å²) in [5, 5.41) is 4.33. The highest BCUT2D eigenvalue weighted by molar-refractivity contribution is 5.92. The van der Waals surface area contributed by atoms with E-state index in [9.17, 15) is 4.79 Å². The molecule has 1 aliphatic heterocycles. The molecule has 3 nitrogen and oxygen atoms in total. The summed E-state index contributed by atoms with van der Waals surface area (Å²) in [5.74, 6) is 0.426. The molecule has 0 amide bonds. The lowest BCUT2D eigenvalue weighted by Crippen LogP contribution is -1.98. The fourth-order valence-corrected chi connectivity index (χ4v) is 2.48. The zero-order valence-corrected chi connectivity index (χ0v) is 9.76. The molecule has 2 aromatic rings. The summed E-state index contributed by atoms with van der Waals surface area (Å²) in [6.45, 7) is 2.47. The second-order valence-electron chi connectivity index (χ2n) is 4.49. The molecule has 0 fully saturated rings. The Kier molecular flexibility index (Phi) is 2.32. The molecule has 1 aromatic heterocycles. The fraction of sp³-hybridized carbons (Fsp3) is 0.286. The number of rotatable bonds is 2. The number of fused-ring (bicyclic) bond motifs is 1. The molecule has 0 radical (unpaired) electrons. The smallest absolute Gasteiger partial charge is 0.179 e. The lowest BCUT2D eigenvalue weighted by molar-refractivity contribution is 0.101. The number of benzene rings is 1. The van der Waals surface area contributed by atoms with Gasteiger partial charge in [-0.2, -0.15) is 5.10 Å². The van der Waals surface area contributed by atoms with E-state index in [2.05, 4.69) is 29.4 Å². The van der Waals surface area contributed by atoms with E-state index in [1.165, 1.54) is 11.3 Å². The van der Waals surface area contributed by atoms with Crippen LogP contribution in [0.5, 0.6) is 0 Å². The molecule has 0 spiro atoms. The third-order valence-corrected chi connectivity index (χ3v) is 3.36. The van der Waals surface area contributed by atoms with Gasteiger partial charge in [0.05, 0.1) is 0 Å². The summed E-state index contributed by atoms with van der Waals surface area (Å²) >= 11 is 0. The highest BCUT2D eigenvalue weighted by atomic mass is 16.1. The first-order valence-electron chi connectivity index (χ1n) is 5.89. The van der Waals surface area contributed by atoms with Gasteiger partial charge in [0.1, 0.15) is 5.69 Å². The van der Waals surface area contributed by atoms with E-state index in [1.54, 1.807) is 6.92 Å². The summed E-state index contributed by atoms with van der Waals surface area (Å²) in [5.41, 5.74) is 3.06. The van der Waals surface area contributed by atoms with E-state index in [0.29, 0.717) is 11.6 Å². The van der Waals surface area contributed by atoms with Crippen LogP contribution in [0.4, 0.5) is 0 Å². The van der Waals surface area contributed by atoms with Crippen LogP contribution >= 0.6 is 0 Å². The maximum Gasteiger partial charge on any atom is 0.179 e. The molecule has 0 aliphatic carbocycles. The summed E-state index contributed by atoms with van der Waals surface area (Å²) in [4.78, 5) is 11.3. The molecular weight excluding hydrogens is 212 g/mol. The van der Waals surface area contributed by atoms with Crippen molar-refractivity contribution < 1.29 is 4.79 Å². The molecule has 0 saturated heterocycles. The van der Waals surface area contributed by atoms with Gasteiger partial charge >= 0.3 is 0 Å². The van der Waals surface area contributed by atoms with E-state index >= 15 is 0 Å². The van der Waals surface area contributed by atoms with Gasteiger partial charge in [0.15, 0.2) is 5.78 Å². The number of aryl methyl sites for hydroxylation is 1. The molecular formula is C14H14N2O. The van der Waals surface area contributed by atoms with Crippen molar-refractivity contribution >= 4 is 5.78 Å². The molecule has 3 heteroatoms. The number of hydrogen-bond acceptors (Lipinski definition) is 2. The van der Waals surface area contributed by atoms with Crippen LogP contribution in [0.15, 0.2) is 36.4 Å². The van der Waals surface area contributed by atoms with E-state index in [1.807, 2.05) is 16.8 Å². The van der Waals surface area contributed by atoms with Crippen LogP contribution in [0.25, 0.3) is 0 Å². The first-order chi connectivity index (χ1) is 8.25. The van der Waals surface area contributed by atoms with Crippen LogP contribution in [-0.2, 0) is 6.54 Å². The monoisotopic (exact) mass is 226 g/mol. The van der Waals surface area contributed by atoms with Gasteiger partial charge < -0.3 is 0 Å². The maximum atomic E-state index is 11.3. The Balaban J connectivity index is 2.01. The quantitative estimate of drug-likeness (QED) is 0.738. The van der Waals surface area contributed by atoms with Gasteiger partial charge in [-0.3, -0.25) is 9.48 Å². The molecule has 1 aliphatic rings. The van der Waals surface area contributed by atoms with Crippen molar-refractivity contribution in [2.75, 3.05) is 0 Å². The lowest BCUT2D eigenvalue weighted by Gasteiger charge is -2.08. The second kappa shape index (κ2) is 3.84. The number of nitrogens with zero attached hydrogens (tertiary/aromatic N) is 2. The van der Waals surface area contributed by atoms with Crippen LogP contribution in [-0.4, -0.2) is 15.6 Å². The largest absolute Gasteiger partial charge is 0.293 e. The number of Topliss-reactive ketones (excluding diaryl/α,β-unsaturated/α-hetero) is 1. The van der Waals surface area contributed by atoms with Crippen LogP contribution in [0.1, 0.15) is 41.0 Å². The third kappa shape index (κ3) is 1.68. The lowest BCUT2D eigenvalue weighted by atomic mass is 9.95. The molecule has 0 bridgehead atoms. The van der Waals surface area contributed by atoms with E-state index < -0.39 is 0 Å². The molecule has 3 rings (SSSR count). The molecule has 0 N–H and O–H groups in total. The number of hydrogen-bond donors (Lipinski definition) is 0. The third-order valence-electron chi connectivity index (χ3n) is 3.36. The van der Waals surface area contributed by atoms with Crippen molar-refractivity contribution in [2.24, 2.45) is 0 Å². The molecule has 86 valence electrons. The van der Waals surface area contributed by atoms with E-state index in [0.717, 1.165) is 13.0 Å². The summed E-state index contributed by atoms with van der Waals surface area (Å²) in [6.07, 6.45) is 1.07. The predicted octanol–water partition coefficient (Wildman–Crippen LogP) is 2.62. The predicted molar refractivity (Wildman–Crippen MR) is 65.1 cm³/mol. The molecule has 0 saturated carbocycles.